The van der Waals surface area contributed by atoms with Crippen LogP contribution in [-0.4, -0.2) is 48.3 Å². The lowest BCUT2D eigenvalue weighted by Gasteiger charge is -2.22. The lowest BCUT2D eigenvalue weighted by Crippen LogP contribution is -2.39. The molecule has 110 valence electrons. The standard InChI is InChI=1S/C14H17BrFNO3/c1-20-11-6-10(8-18)17(7-11)14(19)5-9-2-3-12(15)13(16)4-9/h2-4,10-11,18H,5-8H2,1H3/t10-,11-/m0/s1. The van der Waals surface area contributed by atoms with Crippen LogP contribution >= 0.6 is 15.9 Å². The van der Waals surface area contributed by atoms with Gasteiger partial charge in [0.15, 0.2) is 0 Å². The molecule has 2 atom stereocenters. The summed E-state index contributed by atoms with van der Waals surface area (Å²) < 4.78 is 19.0. The summed E-state index contributed by atoms with van der Waals surface area (Å²) in [6, 6.07) is 4.43. The monoisotopic (exact) mass is 345 g/mol. The van der Waals surface area contributed by atoms with Crippen molar-refractivity contribution in [3.05, 3.63) is 34.1 Å². The van der Waals surface area contributed by atoms with Crippen molar-refractivity contribution in [3.8, 4) is 0 Å². The summed E-state index contributed by atoms with van der Waals surface area (Å²) in [5.41, 5.74) is 0.619. The van der Waals surface area contributed by atoms with Gasteiger partial charge >= 0.3 is 0 Å². The van der Waals surface area contributed by atoms with Crippen LogP contribution in [-0.2, 0) is 16.0 Å². The minimum atomic E-state index is -0.384. The summed E-state index contributed by atoms with van der Waals surface area (Å²) >= 11 is 3.08. The second kappa shape index (κ2) is 6.65. The van der Waals surface area contributed by atoms with E-state index in [1.165, 1.54) is 6.07 Å². The highest BCUT2D eigenvalue weighted by Gasteiger charge is 2.34. The fourth-order valence-electron chi connectivity index (χ4n) is 2.45. The third kappa shape index (κ3) is 3.37. The summed E-state index contributed by atoms with van der Waals surface area (Å²) in [6.07, 6.45) is 0.711. The van der Waals surface area contributed by atoms with Crippen molar-refractivity contribution < 1.29 is 19.0 Å². The highest BCUT2D eigenvalue weighted by Crippen LogP contribution is 2.22. The normalized spacial score (nSPS) is 22.3. The smallest absolute Gasteiger partial charge is 0.227 e. The molecule has 0 aromatic heterocycles. The zero-order chi connectivity index (χ0) is 14.7. The van der Waals surface area contributed by atoms with Crippen LogP contribution in [0, 0.1) is 5.82 Å². The fraction of sp³-hybridized carbons (Fsp3) is 0.500. The molecule has 0 unspecified atom stereocenters. The van der Waals surface area contributed by atoms with E-state index in [1.807, 2.05) is 0 Å². The number of amides is 1. The van der Waals surface area contributed by atoms with Gasteiger partial charge < -0.3 is 14.7 Å². The third-order valence-electron chi connectivity index (χ3n) is 3.58. The molecule has 1 aromatic rings. The van der Waals surface area contributed by atoms with Crippen LogP contribution in [0.5, 0.6) is 0 Å². The Labute approximate surface area is 125 Å². The molecular formula is C14H17BrFNO3. The number of carbonyl (C=O) groups excluding carboxylic acids is 1. The van der Waals surface area contributed by atoms with Crippen LogP contribution in [0.25, 0.3) is 0 Å². The molecule has 4 nitrogen and oxygen atoms in total. The zero-order valence-corrected chi connectivity index (χ0v) is 12.8. The first-order valence-electron chi connectivity index (χ1n) is 6.42. The molecule has 20 heavy (non-hydrogen) atoms. The Morgan fingerprint density at radius 1 is 1.60 bits per heavy atom. The molecule has 0 saturated carbocycles. The van der Waals surface area contributed by atoms with Crippen LogP contribution in [0.4, 0.5) is 4.39 Å². The molecule has 1 heterocycles. The van der Waals surface area contributed by atoms with E-state index in [0.29, 0.717) is 23.0 Å². The predicted octanol–water partition coefficient (Wildman–Crippen LogP) is 1.74. The van der Waals surface area contributed by atoms with Crippen LogP contribution < -0.4 is 0 Å². The van der Waals surface area contributed by atoms with Gasteiger partial charge in [-0.05, 0) is 40.0 Å². The molecule has 1 saturated heterocycles. The Bertz CT molecular complexity index is 497. The largest absolute Gasteiger partial charge is 0.394 e. The van der Waals surface area contributed by atoms with Crippen molar-refractivity contribution in [2.75, 3.05) is 20.3 Å². The number of aliphatic hydroxyl groups excluding tert-OH is 1. The number of hydrogen-bond donors (Lipinski definition) is 1. The van der Waals surface area contributed by atoms with Crippen molar-refractivity contribution in [1.29, 1.82) is 0 Å². The van der Waals surface area contributed by atoms with E-state index in [2.05, 4.69) is 15.9 Å². The number of ether oxygens (including phenoxy) is 1. The van der Waals surface area contributed by atoms with Gasteiger partial charge in [-0.3, -0.25) is 4.79 Å². The van der Waals surface area contributed by atoms with Crippen molar-refractivity contribution in [2.45, 2.75) is 25.0 Å². The van der Waals surface area contributed by atoms with Gasteiger partial charge in [-0.25, -0.2) is 4.39 Å². The summed E-state index contributed by atoms with van der Waals surface area (Å²) in [4.78, 5) is 13.9. The van der Waals surface area contributed by atoms with E-state index < -0.39 is 0 Å². The number of methoxy groups -OCH3 is 1. The number of halogens is 2. The predicted molar refractivity (Wildman–Crippen MR) is 75.8 cm³/mol. The van der Waals surface area contributed by atoms with Gasteiger partial charge in [0.25, 0.3) is 0 Å². The van der Waals surface area contributed by atoms with Crippen molar-refractivity contribution in [2.24, 2.45) is 0 Å². The molecule has 1 amide bonds. The van der Waals surface area contributed by atoms with Crippen molar-refractivity contribution >= 4 is 21.8 Å². The Morgan fingerprint density at radius 2 is 2.35 bits per heavy atom. The molecular weight excluding hydrogens is 329 g/mol. The fourth-order valence-corrected chi connectivity index (χ4v) is 2.70. The molecule has 1 fully saturated rings. The van der Waals surface area contributed by atoms with Gasteiger partial charge in [-0.1, -0.05) is 6.07 Å². The molecule has 0 radical (unpaired) electrons. The Kier molecular flexibility index (Phi) is 5.12. The van der Waals surface area contributed by atoms with Gasteiger partial charge in [-0.15, -0.1) is 0 Å². The molecule has 1 aliphatic rings. The summed E-state index contributed by atoms with van der Waals surface area (Å²) in [6.45, 7) is 0.389. The van der Waals surface area contributed by atoms with Crippen LogP contribution in [0.2, 0.25) is 0 Å². The van der Waals surface area contributed by atoms with Crippen LogP contribution in [0.15, 0.2) is 22.7 Å². The summed E-state index contributed by atoms with van der Waals surface area (Å²) in [7, 11) is 1.59. The SMILES string of the molecule is CO[C@H]1C[C@@H](CO)N(C(=O)Cc2ccc(Br)c(F)c2)C1. The number of benzene rings is 1. The number of hydrogen-bond acceptors (Lipinski definition) is 3. The Balaban J connectivity index is 2.05. The maximum atomic E-state index is 13.4. The maximum Gasteiger partial charge on any atom is 0.227 e. The van der Waals surface area contributed by atoms with Gasteiger partial charge in [0.2, 0.25) is 5.91 Å². The summed E-state index contributed by atoms with van der Waals surface area (Å²) in [5, 5.41) is 9.33. The highest BCUT2D eigenvalue weighted by atomic mass is 79.9. The molecule has 6 heteroatoms. The Morgan fingerprint density at radius 3 is 2.95 bits per heavy atom. The van der Waals surface area contributed by atoms with Gasteiger partial charge in [-0.2, -0.15) is 0 Å². The second-order valence-corrected chi connectivity index (χ2v) is 5.76. The quantitative estimate of drug-likeness (QED) is 0.904. The Hall–Kier alpha value is -0.980. The van der Waals surface area contributed by atoms with E-state index >= 15 is 0 Å². The zero-order valence-electron chi connectivity index (χ0n) is 11.2. The molecule has 0 spiro atoms. The van der Waals surface area contributed by atoms with E-state index in [1.54, 1.807) is 24.1 Å². The first-order valence-corrected chi connectivity index (χ1v) is 7.21. The minimum absolute atomic E-state index is 0.0437. The minimum Gasteiger partial charge on any atom is -0.394 e. The lowest BCUT2D eigenvalue weighted by molar-refractivity contribution is -0.132. The average molecular weight is 346 g/mol. The van der Waals surface area contributed by atoms with Crippen molar-refractivity contribution in [3.63, 3.8) is 0 Å². The highest BCUT2D eigenvalue weighted by molar-refractivity contribution is 9.10. The topological polar surface area (TPSA) is 49.8 Å². The van der Waals surface area contributed by atoms with E-state index in [0.717, 1.165) is 0 Å². The first-order chi connectivity index (χ1) is 9.55. The number of carbonyl (C=O) groups is 1. The van der Waals surface area contributed by atoms with Crippen LogP contribution in [0.1, 0.15) is 12.0 Å². The number of aliphatic hydroxyl groups is 1. The number of likely N-dealkylation sites (tertiary alicyclic amines) is 1. The van der Waals surface area contributed by atoms with Crippen LogP contribution in [0.3, 0.4) is 0 Å². The first kappa shape index (κ1) is 15.4. The molecule has 2 rings (SSSR count). The molecule has 1 aromatic carbocycles. The van der Waals surface area contributed by atoms with E-state index in [-0.39, 0.29) is 36.9 Å². The molecule has 0 bridgehead atoms. The number of nitrogens with zero attached hydrogens (tertiary/aromatic N) is 1. The second-order valence-electron chi connectivity index (χ2n) is 4.90. The van der Waals surface area contributed by atoms with E-state index in [9.17, 15) is 14.3 Å². The molecule has 1 aliphatic heterocycles. The lowest BCUT2D eigenvalue weighted by atomic mass is 10.1. The maximum absolute atomic E-state index is 13.4. The van der Waals surface area contributed by atoms with Gasteiger partial charge in [0, 0.05) is 13.7 Å². The van der Waals surface area contributed by atoms with Gasteiger partial charge in [0.1, 0.15) is 5.82 Å². The van der Waals surface area contributed by atoms with Crippen molar-refractivity contribution in [1.82, 2.24) is 4.90 Å². The summed E-state index contributed by atoms with van der Waals surface area (Å²) in [5.74, 6) is -0.504. The molecule has 1 N–H and O–H groups in total. The van der Waals surface area contributed by atoms with Gasteiger partial charge in [0.05, 0.1) is 29.6 Å². The van der Waals surface area contributed by atoms with E-state index in [4.69, 9.17) is 4.74 Å². The third-order valence-corrected chi connectivity index (χ3v) is 4.22. The molecule has 0 aliphatic carbocycles. The number of rotatable bonds is 4. The average Bonchev–Trinajstić information content (AvgIpc) is 2.86.